The molecule has 2 heterocycles. The molecule has 108 valence electrons. The summed E-state index contributed by atoms with van der Waals surface area (Å²) in [4.78, 5) is 30.9. The van der Waals surface area contributed by atoms with Crippen molar-refractivity contribution in [2.24, 2.45) is 0 Å². The summed E-state index contributed by atoms with van der Waals surface area (Å²) in [6, 6.07) is 0. The third kappa shape index (κ3) is 2.27. The minimum absolute atomic E-state index is 0.361. The van der Waals surface area contributed by atoms with Crippen LogP contribution >= 0.6 is 0 Å². The van der Waals surface area contributed by atoms with Crippen molar-refractivity contribution in [1.29, 1.82) is 0 Å². The van der Waals surface area contributed by atoms with Crippen molar-refractivity contribution in [1.82, 2.24) is 14.5 Å². The van der Waals surface area contributed by atoms with Crippen LogP contribution < -0.4 is 11.2 Å². The molecule has 6 heteroatoms. The van der Waals surface area contributed by atoms with E-state index in [1.165, 1.54) is 4.57 Å². The van der Waals surface area contributed by atoms with E-state index in [1.807, 2.05) is 20.8 Å². The van der Waals surface area contributed by atoms with E-state index in [9.17, 15) is 9.59 Å². The summed E-state index contributed by atoms with van der Waals surface area (Å²) in [7, 11) is 1.57. The second-order valence-corrected chi connectivity index (χ2v) is 4.76. The number of methoxy groups -OCH3 is 1. The van der Waals surface area contributed by atoms with Crippen molar-refractivity contribution >= 4 is 11.0 Å². The number of aromatic nitrogens is 3. The Morgan fingerprint density at radius 2 is 2.00 bits per heavy atom. The predicted molar refractivity (Wildman–Crippen MR) is 77.4 cm³/mol. The molecule has 0 spiro atoms. The Balaban J connectivity index is 2.89. The van der Waals surface area contributed by atoms with Gasteiger partial charge in [-0.25, -0.2) is 9.78 Å². The van der Waals surface area contributed by atoms with Crippen LogP contribution in [0.15, 0.2) is 9.59 Å². The molecule has 0 unspecified atom stereocenters. The number of hydrogen-bond donors (Lipinski definition) is 1. The average Bonchev–Trinajstić information content (AvgIpc) is 2.38. The molecule has 0 aromatic carbocycles. The van der Waals surface area contributed by atoms with Crippen LogP contribution in [0, 0.1) is 13.8 Å². The maximum atomic E-state index is 12.1. The van der Waals surface area contributed by atoms with Crippen molar-refractivity contribution in [2.45, 2.75) is 33.7 Å². The standard InChI is InChI=1S/C14H19N3O3/c1-5-10-8(2)11-12(15-9(10)3)17(6-7-20-4)14(19)16-13(11)18/h5-7H2,1-4H3,(H,16,18,19). The van der Waals surface area contributed by atoms with E-state index in [-0.39, 0.29) is 5.56 Å². The van der Waals surface area contributed by atoms with Gasteiger partial charge in [0.15, 0.2) is 0 Å². The summed E-state index contributed by atoms with van der Waals surface area (Å²) in [5, 5.41) is 0.489. The Kier molecular flexibility index (Phi) is 4.04. The first kappa shape index (κ1) is 14.5. The zero-order valence-corrected chi connectivity index (χ0v) is 12.2. The lowest BCUT2D eigenvalue weighted by molar-refractivity contribution is 0.187. The molecule has 2 aromatic rings. The van der Waals surface area contributed by atoms with E-state index >= 15 is 0 Å². The molecule has 0 fully saturated rings. The van der Waals surface area contributed by atoms with Crippen molar-refractivity contribution < 1.29 is 4.74 Å². The van der Waals surface area contributed by atoms with E-state index in [0.717, 1.165) is 23.2 Å². The highest BCUT2D eigenvalue weighted by Gasteiger charge is 2.15. The molecule has 6 nitrogen and oxygen atoms in total. The number of hydrogen-bond acceptors (Lipinski definition) is 4. The molecule has 0 bridgehead atoms. The smallest absolute Gasteiger partial charge is 0.330 e. The summed E-state index contributed by atoms with van der Waals surface area (Å²) in [5.41, 5.74) is 2.41. The number of fused-ring (bicyclic) bond motifs is 1. The lowest BCUT2D eigenvalue weighted by Crippen LogP contribution is -2.32. The molecular formula is C14H19N3O3. The summed E-state index contributed by atoms with van der Waals surface area (Å²) in [6.07, 6.45) is 0.803. The second kappa shape index (κ2) is 5.58. The van der Waals surface area contributed by atoms with Crippen molar-refractivity contribution in [3.8, 4) is 0 Å². The molecule has 1 N–H and O–H groups in total. The Morgan fingerprint density at radius 3 is 2.60 bits per heavy atom. The molecular weight excluding hydrogens is 258 g/mol. The number of pyridine rings is 1. The van der Waals surface area contributed by atoms with E-state index in [1.54, 1.807) is 7.11 Å². The molecule has 2 aromatic heterocycles. The first-order valence-corrected chi connectivity index (χ1v) is 6.63. The van der Waals surface area contributed by atoms with Crippen LogP contribution in [0.25, 0.3) is 11.0 Å². The zero-order valence-electron chi connectivity index (χ0n) is 12.2. The van der Waals surface area contributed by atoms with Crippen LogP contribution in [-0.2, 0) is 17.7 Å². The zero-order chi connectivity index (χ0) is 14.9. The molecule has 0 aliphatic heterocycles. The number of aryl methyl sites for hydroxylation is 2. The number of H-pyrrole nitrogens is 1. The van der Waals surface area contributed by atoms with Gasteiger partial charge in [0.2, 0.25) is 0 Å². The topological polar surface area (TPSA) is 77.0 Å². The van der Waals surface area contributed by atoms with E-state index in [2.05, 4.69) is 9.97 Å². The maximum absolute atomic E-state index is 12.1. The number of aromatic amines is 1. The van der Waals surface area contributed by atoms with Crippen LogP contribution in [0.3, 0.4) is 0 Å². The van der Waals surface area contributed by atoms with Gasteiger partial charge in [0.1, 0.15) is 5.65 Å². The van der Waals surface area contributed by atoms with Gasteiger partial charge in [0.05, 0.1) is 18.5 Å². The highest BCUT2D eigenvalue weighted by Crippen LogP contribution is 2.19. The lowest BCUT2D eigenvalue weighted by Gasteiger charge is -2.13. The van der Waals surface area contributed by atoms with E-state index in [4.69, 9.17) is 4.74 Å². The fourth-order valence-electron chi connectivity index (χ4n) is 2.57. The predicted octanol–water partition coefficient (Wildman–Crippen LogP) is 0.910. The Bertz CT molecular complexity index is 759. The van der Waals surface area contributed by atoms with E-state index in [0.29, 0.717) is 24.2 Å². The third-order valence-corrected chi connectivity index (χ3v) is 3.58. The van der Waals surface area contributed by atoms with Gasteiger partial charge in [-0.2, -0.15) is 0 Å². The molecule has 0 saturated carbocycles. The molecule has 0 saturated heterocycles. The molecule has 20 heavy (non-hydrogen) atoms. The number of nitrogens with zero attached hydrogens (tertiary/aromatic N) is 2. The monoisotopic (exact) mass is 277 g/mol. The SMILES string of the molecule is CCc1c(C)nc2c(c1C)c(=O)[nH]c(=O)n2CCOC. The Morgan fingerprint density at radius 1 is 1.30 bits per heavy atom. The van der Waals surface area contributed by atoms with Crippen molar-refractivity contribution in [3.63, 3.8) is 0 Å². The molecule has 0 radical (unpaired) electrons. The molecule has 0 aliphatic rings. The average molecular weight is 277 g/mol. The van der Waals surface area contributed by atoms with Gasteiger partial charge in [-0.3, -0.25) is 14.3 Å². The van der Waals surface area contributed by atoms with Gasteiger partial charge < -0.3 is 4.74 Å². The highest BCUT2D eigenvalue weighted by molar-refractivity contribution is 5.79. The lowest BCUT2D eigenvalue weighted by atomic mass is 10.0. The third-order valence-electron chi connectivity index (χ3n) is 3.58. The van der Waals surface area contributed by atoms with Gasteiger partial charge in [-0.1, -0.05) is 6.92 Å². The van der Waals surface area contributed by atoms with Crippen LogP contribution in [-0.4, -0.2) is 28.3 Å². The number of ether oxygens (including phenoxy) is 1. The number of rotatable bonds is 4. The summed E-state index contributed by atoms with van der Waals surface area (Å²) in [5.74, 6) is 0. The van der Waals surface area contributed by atoms with Gasteiger partial charge in [-0.05, 0) is 31.4 Å². The Labute approximate surface area is 116 Å². The van der Waals surface area contributed by atoms with Gasteiger partial charge in [0, 0.05) is 12.8 Å². The number of nitrogens with one attached hydrogen (secondary N) is 1. The van der Waals surface area contributed by atoms with Gasteiger partial charge >= 0.3 is 5.69 Å². The summed E-state index contributed by atoms with van der Waals surface area (Å²) in [6.45, 7) is 6.57. The van der Waals surface area contributed by atoms with Crippen molar-refractivity contribution in [2.75, 3.05) is 13.7 Å². The van der Waals surface area contributed by atoms with Crippen LogP contribution in [0.4, 0.5) is 0 Å². The maximum Gasteiger partial charge on any atom is 0.330 e. The highest BCUT2D eigenvalue weighted by atomic mass is 16.5. The normalized spacial score (nSPS) is 11.2. The summed E-state index contributed by atoms with van der Waals surface area (Å²) >= 11 is 0. The Hall–Kier alpha value is -1.95. The van der Waals surface area contributed by atoms with Gasteiger partial charge in [0.25, 0.3) is 5.56 Å². The fraction of sp³-hybridized carbons (Fsp3) is 0.500. The molecule has 2 rings (SSSR count). The van der Waals surface area contributed by atoms with Crippen LogP contribution in [0.1, 0.15) is 23.7 Å². The minimum Gasteiger partial charge on any atom is -0.383 e. The van der Waals surface area contributed by atoms with E-state index < -0.39 is 5.69 Å². The minimum atomic E-state index is -0.449. The quantitative estimate of drug-likeness (QED) is 0.901. The fourth-order valence-corrected chi connectivity index (χ4v) is 2.57. The van der Waals surface area contributed by atoms with Crippen LogP contribution in [0.5, 0.6) is 0 Å². The van der Waals surface area contributed by atoms with Crippen LogP contribution in [0.2, 0.25) is 0 Å². The van der Waals surface area contributed by atoms with Gasteiger partial charge in [-0.15, -0.1) is 0 Å². The molecule has 0 atom stereocenters. The second-order valence-electron chi connectivity index (χ2n) is 4.76. The molecule has 0 amide bonds. The largest absolute Gasteiger partial charge is 0.383 e. The first-order valence-electron chi connectivity index (χ1n) is 6.63. The van der Waals surface area contributed by atoms with Crippen molar-refractivity contribution in [3.05, 3.63) is 37.7 Å². The first-order chi connectivity index (χ1) is 9.51. The molecule has 0 aliphatic carbocycles. The summed E-state index contributed by atoms with van der Waals surface area (Å²) < 4.78 is 6.46.